The molecule has 1 aliphatic heterocycles. The van der Waals surface area contributed by atoms with Crippen LogP contribution in [0.3, 0.4) is 0 Å². The van der Waals surface area contributed by atoms with E-state index in [0.29, 0.717) is 0 Å². The summed E-state index contributed by atoms with van der Waals surface area (Å²) in [5.74, 6) is 0. The van der Waals surface area contributed by atoms with Crippen LogP contribution >= 0.6 is 0 Å². The quantitative estimate of drug-likeness (QED) is 0.160. The van der Waals surface area contributed by atoms with E-state index in [1.54, 1.807) is 0 Å². The van der Waals surface area contributed by atoms with Crippen LogP contribution in [-0.2, 0) is 10.8 Å². The van der Waals surface area contributed by atoms with Gasteiger partial charge in [0.1, 0.15) is 0 Å². The average molecular weight is 961 g/mol. The van der Waals surface area contributed by atoms with Gasteiger partial charge in [-0.25, -0.2) is 0 Å². The fourth-order valence-corrected chi connectivity index (χ4v) is 15.4. The van der Waals surface area contributed by atoms with Gasteiger partial charge in [-0.3, -0.25) is 0 Å². The number of benzene rings is 13. The van der Waals surface area contributed by atoms with E-state index >= 15 is 0 Å². The Kier molecular flexibility index (Phi) is 7.77. The van der Waals surface area contributed by atoms with Crippen LogP contribution in [0.1, 0.15) is 44.5 Å². The summed E-state index contributed by atoms with van der Waals surface area (Å²) in [7, 11) is 0. The maximum Gasteiger partial charge on any atom is 0.0755 e. The molecule has 0 bridgehead atoms. The number of hydrogen-bond donors (Lipinski definition) is 0. The lowest BCUT2D eigenvalue weighted by molar-refractivity contribution is 0.748. The predicted molar refractivity (Wildman–Crippen MR) is 315 cm³/mol. The highest BCUT2D eigenvalue weighted by molar-refractivity contribution is 6.26. The van der Waals surface area contributed by atoms with Gasteiger partial charge in [-0.1, -0.05) is 218 Å². The van der Waals surface area contributed by atoms with Crippen molar-refractivity contribution < 1.29 is 0 Å². The minimum Gasteiger partial charge on any atom is -0.310 e. The van der Waals surface area contributed by atoms with Crippen LogP contribution in [0, 0.1) is 0 Å². The predicted octanol–water partition coefficient (Wildman–Crippen LogP) is 18.7. The smallest absolute Gasteiger partial charge is 0.0755 e. The largest absolute Gasteiger partial charge is 0.310 e. The summed E-state index contributed by atoms with van der Waals surface area (Å²) >= 11 is 0. The maximum atomic E-state index is 2.57. The van der Waals surface area contributed by atoms with E-state index in [0.717, 1.165) is 17.1 Å². The van der Waals surface area contributed by atoms with Crippen molar-refractivity contribution in [1.29, 1.82) is 0 Å². The van der Waals surface area contributed by atoms with Crippen molar-refractivity contribution >= 4 is 71.2 Å². The van der Waals surface area contributed by atoms with E-state index in [4.69, 9.17) is 0 Å². The van der Waals surface area contributed by atoms with Crippen LogP contribution in [0.25, 0.3) is 93.2 Å². The molecular weight excluding hydrogens is 917 g/mol. The van der Waals surface area contributed by atoms with Gasteiger partial charge >= 0.3 is 0 Å². The second-order valence-electron chi connectivity index (χ2n) is 21.4. The van der Waals surface area contributed by atoms with E-state index in [1.165, 1.54) is 138 Å². The summed E-state index contributed by atoms with van der Waals surface area (Å²) in [5, 5.41) is 10.1. The molecule has 14 aromatic rings. The first-order chi connectivity index (χ1) is 37.7. The zero-order chi connectivity index (χ0) is 49.4. The van der Waals surface area contributed by atoms with Crippen LogP contribution in [-0.4, -0.2) is 4.57 Å². The number of nitrogens with zero attached hydrogens (tertiary/aromatic N) is 2. The molecule has 0 saturated heterocycles. The Balaban J connectivity index is 0.950. The Labute approximate surface area is 439 Å². The van der Waals surface area contributed by atoms with E-state index < -0.39 is 10.8 Å². The maximum absolute atomic E-state index is 2.57. The van der Waals surface area contributed by atoms with Crippen LogP contribution in [0.2, 0.25) is 0 Å². The molecule has 18 rings (SSSR count). The minimum atomic E-state index is -0.604. The molecule has 0 amide bonds. The summed E-state index contributed by atoms with van der Waals surface area (Å²) in [5.41, 5.74) is 24.3. The first kappa shape index (κ1) is 40.7. The number of hydrogen-bond acceptors (Lipinski definition) is 1. The molecular formula is C74H44N2. The molecule has 0 saturated carbocycles. The molecule has 76 heavy (non-hydrogen) atoms. The van der Waals surface area contributed by atoms with Gasteiger partial charge in [-0.2, -0.15) is 0 Å². The lowest BCUT2D eigenvalue weighted by Gasteiger charge is -2.40. The fourth-order valence-electron chi connectivity index (χ4n) is 15.4. The van der Waals surface area contributed by atoms with Crippen molar-refractivity contribution in [2.45, 2.75) is 10.8 Å². The molecule has 3 aliphatic carbocycles. The standard InChI is InChI=1S/C74H44N2/c1-2-20-50-48(18-1)49-19-3-4-21-51(49)61-42-45(36-39-52(50)61)75(46-37-40-57-55-24-7-12-30-64(55)73(68(57)43-46)62-28-10-5-22-53(62)54-23-6-11-29-63(54)73)47-38-41-58-56-25-8-13-31-65(56)74(69(58)44-47)66-32-14-16-35-71(66)76-70-34-15-9-26-59(70)60-27-17-33-67(74)72(60)76/h1-44H. The van der Waals surface area contributed by atoms with Gasteiger partial charge < -0.3 is 9.47 Å². The van der Waals surface area contributed by atoms with Gasteiger partial charge in [0.25, 0.3) is 0 Å². The first-order valence-corrected chi connectivity index (χ1v) is 26.7. The first-order valence-electron chi connectivity index (χ1n) is 26.7. The van der Waals surface area contributed by atoms with Crippen LogP contribution in [0.15, 0.2) is 267 Å². The van der Waals surface area contributed by atoms with Gasteiger partial charge in [0, 0.05) is 27.8 Å². The van der Waals surface area contributed by atoms with E-state index in [1.807, 2.05) is 0 Å². The van der Waals surface area contributed by atoms with E-state index in [9.17, 15) is 0 Å². The summed E-state index contributed by atoms with van der Waals surface area (Å²) < 4.78 is 2.54. The van der Waals surface area contributed by atoms with E-state index in [-0.39, 0.29) is 0 Å². The molecule has 350 valence electrons. The molecule has 0 fully saturated rings. The second kappa shape index (κ2) is 14.5. The molecule has 2 heteroatoms. The highest BCUT2D eigenvalue weighted by Crippen LogP contribution is 2.65. The lowest BCUT2D eigenvalue weighted by atomic mass is 9.65. The number of anilines is 3. The molecule has 13 aromatic carbocycles. The molecule has 2 spiro atoms. The van der Waals surface area contributed by atoms with Crippen molar-refractivity contribution in [3.8, 4) is 39.1 Å². The highest BCUT2D eigenvalue weighted by atomic mass is 15.1. The fraction of sp³-hybridized carbons (Fsp3) is 0.0270. The third-order valence-corrected chi connectivity index (χ3v) is 18.2. The van der Waals surface area contributed by atoms with Gasteiger partial charge in [-0.05, 0) is 159 Å². The summed E-state index contributed by atoms with van der Waals surface area (Å²) in [6.07, 6.45) is 0. The summed E-state index contributed by atoms with van der Waals surface area (Å²) in [6.45, 7) is 0. The molecule has 2 nitrogen and oxygen atoms in total. The van der Waals surface area contributed by atoms with Crippen molar-refractivity contribution in [3.05, 3.63) is 311 Å². The number of fused-ring (bicyclic) bond motifs is 28. The summed E-state index contributed by atoms with van der Waals surface area (Å²) in [6, 6.07) is 102. The normalized spacial score (nSPS) is 15.5. The Morgan fingerprint density at radius 1 is 0.237 bits per heavy atom. The molecule has 1 aromatic heterocycles. The molecule has 0 N–H and O–H groups in total. The molecule has 1 atom stereocenters. The SMILES string of the molecule is c1ccc2c(c1)-c1ccccc1C21c2ccccc2-c2ccc(N(c3ccc4c(c3)C3(c5ccccc5-4)c4ccccc4-n4c5ccccc5c5cccc3c54)c3ccc4c5ccccc5c5ccccc5c4c3)cc21. The zero-order valence-electron chi connectivity index (χ0n) is 41.3. The second-order valence-corrected chi connectivity index (χ2v) is 21.4. The topological polar surface area (TPSA) is 8.17 Å². The van der Waals surface area contributed by atoms with Crippen molar-refractivity contribution in [2.24, 2.45) is 0 Å². The summed E-state index contributed by atoms with van der Waals surface area (Å²) in [4.78, 5) is 2.57. The molecule has 0 radical (unpaired) electrons. The minimum absolute atomic E-state index is 0.494. The van der Waals surface area contributed by atoms with Gasteiger partial charge in [0.2, 0.25) is 0 Å². The molecule has 2 heterocycles. The Morgan fingerprint density at radius 3 is 1.16 bits per heavy atom. The lowest BCUT2D eigenvalue weighted by Crippen LogP contribution is -2.33. The van der Waals surface area contributed by atoms with Crippen LogP contribution in [0.4, 0.5) is 17.1 Å². The zero-order valence-corrected chi connectivity index (χ0v) is 41.3. The Morgan fingerprint density at radius 2 is 0.605 bits per heavy atom. The van der Waals surface area contributed by atoms with E-state index in [2.05, 4.69) is 276 Å². The van der Waals surface area contributed by atoms with Gasteiger partial charge in [-0.15, -0.1) is 0 Å². The number of aromatic nitrogens is 1. The van der Waals surface area contributed by atoms with Crippen molar-refractivity contribution in [2.75, 3.05) is 4.90 Å². The Hall–Kier alpha value is -9.76. The third-order valence-electron chi connectivity index (χ3n) is 18.2. The van der Waals surface area contributed by atoms with Crippen molar-refractivity contribution in [3.63, 3.8) is 0 Å². The van der Waals surface area contributed by atoms with Crippen LogP contribution in [0.5, 0.6) is 0 Å². The molecule has 1 unspecified atom stereocenters. The number of para-hydroxylation sites is 3. The van der Waals surface area contributed by atoms with Crippen molar-refractivity contribution in [1.82, 2.24) is 4.57 Å². The average Bonchev–Trinajstić information content (AvgIpc) is 4.29. The molecule has 4 aliphatic rings. The Bertz CT molecular complexity index is 4820. The monoisotopic (exact) mass is 960 g/mol. The van der Waals surface area contributed by atoms with Crippen LogP contribution < -0.4 is 4.90 Å². The van der Waals surface area contributed by atoms with Gasteiger partial charge in [0.05, 0.1) is 27.6 Å². The van der Waals surface area contributed by atoms with Gasteiger partial charge in [0.15, 0.2) is 0 Å². The highest BCUT2D eigenvalue weighted by Gasteiger charge is 2.53. The third kappa shape index (κ3) is 4.80. The number of rotatable bonds is 3.